The maximum atomic E-state index is 13.3. The number of nitrogen functional groups attached to an aromatic ring is 1. The van der Waals surface area contributed by atoms with Crippen molar-refractivity contribution in [3.05, 3.63) is 82.0 Å². The Bertz CT molecular complexity index is 1350. The minimum absolute atomic E-state index is 0.00521. The van der Waals surface area contributed by atoms with Gasteiger partial charge in [-0.15, -0.1) is 11.3 Å². The first-order valence-electron chi connectivity index (χ1n) is 12.5. The number of carbonyl (C=O) groups is 3. The van der Waals surface area contributed by atoms with Crippen LogP contribution in [0.25, 0.3) is 0 Å². The molecule has 2 saturated heterocycles. The van der Waals surface area contributed by atoms with E-state index in [0.29, 0.717) is 42.0 Å². The Hall–Kier alpha value is -4.18. The number of amides is 3. The Labute approximate surface area is 224 Å². The third kappa shape index (κ3) is 5.12. The van der Waals surface area contributed by atoms with Gasteiger partial charge in [0.2, 0.25) is 11.8 Å². The van der Waals surface area contributed by atoms with E-state index in [1.807, 2.05) is 30.3 Å². The number of fused-ring (bicyclic) bond motifs is 2. The van der Waals surface area contributed by atoms with Crippen molar-refractivity contribution in [2.75, 3.05) is 6.54 Å². The zero-order valence-electron chi connectivity index (χ0n) is 20.7. The van der Waals surface area contributed by atoms with E-state index >= 15 is 0 Å². The third-order valence-electron chi connectivity index (χ3n) is 7.18. The van der Waals surface area contributed by atoms with Crippen molar-refractivity contribution in [2.45, 2.75) is 43.8 Å². The molecule has 2 aliphatic rings. The molecule has 9 nitrogen and oxygen atoms in total. The second-order valence-electron chi connectivity index (χ2n) is 9.55. The summed E-state index contributed by atoms with van der Waals surface area (Å²) in [5, 5.41) is 15.0. The molecule has 10 heteroatoms. The number of carbonyl (C=O) groups excluding carboxylic acids is 3. The van der Waals surface area contributed by atoms with Gasteiger partial charge in [-0.2, -0.15) is 0 Å². The summed E-state index contributed by atoms with van der Waals surface area (Å²) in [7, 11) is 0. The quantitative estimate of drug-likeness (QED) is 0.248. The van der Waals surface area contributed by atoms with Crippen LogP contribution in [-0.2, 0) is 16.1 Å². The molecular formula is C28H29N5O4S. The van der Waals surface area contributed by atoms with Crippen molar-refractivity contribution < 1.29 is 19.1 Å². The number of para-hydroxylation sites is 1. The van der Waals surface area contributed by atoms with Gasteiger partial charge in [0.15, 0.2) is 0 Å². The number of hydrogen-bond acceptors (Lipinski definition) is 6. The number of hydrogen-bond donors (Lipinski definition) is 4. The lowest BCUT2D eigenvalue weighted by atomic mass is 9.87. The highest BCUT2D eigenvalue weighted by Crippen LogP contribution is 2.46. The van der Waals surface area contributed by atoms with Gasteiger partial charge < -0.3 is 26.0 Å². The summed E-state index contributed by atoms with van der Waals surface area (Å²) in [5.74, 6) is 0.488. The van der Waals surface area contributed by atoms with E-state index in [9.17, 15) is 14.4 Å². The predicted molar refractivity (Wildman–Crippen MR) is 144 cm³/mol. The molecule has 0 radical (unpaired) electrons. The smallest absolute Gasteiger partial charge is 0.251 e. The van der Waals surface area contributed by atoms with Crippen LogP contribution in [0.3, 0.4) is 0 Å². The number of nitrogens with zero attached hydrogens (tertiary/aromatic N) is 1. The van der Waals surface area contributed by atoms with E-state index in [1.54, 1.807) is 40.6 Å². The summed E-state index contributed by atoms with van der Waals surface area (Å²) >= 11 is 1.43. The van der Waals surface area contributed by atoms with Crippen molar-refractivity contribution in [2.24, 2.45) is 5.73 Å². The minimum Gasteiger partial charge on any atom is -0.457 e. The molecule has 0 saturated carbocycles. The molecule has 2 aliphatic heterocycles. The molecule has 0 aliphatic carbocycles. The Morgan fingerprint density at radius 3 is 2.34 bits per heavy atom. The van der Waals surface area contributed by atoms with E-state index in [2.05, 4.69) is 10.6 Å². The van der Waals surface area contributed by atoms with Gasteiger partial charge in [-0.3, -0.25) is 19.8 Å². The Kier molecular flexibility index (Phi) is 7.15. The number of amidine groups is 1. The Morgan fingerprint density at radius 2 is 1.68 bits per heavy atom. The topological polar surface area (TPSA) is 138 Å². The summed E-state index contributed by atoms with van der Waals surface area (Å²) in [6, 6.07) is 17.8. The predicted octanol–water partition coefficient (Wildman–Crippen LogP) is 3.39. The molecule has 38 heavy (non-hydrogen) atoms. The molecule has 1 aromatic heterocycles. The van der Waals surface area contributed by atoms with Gasteiger partial charge in [-0.05, 0) is 68.1 Å². The molecule has 0 spiro atoms. The summed E-state index contributed by atoms with van der Waals surface area (Å²) < 4.78 is 5.76. The average Bonchev–Trinajstić information content (AvgIpc) is 3.66. The number of nitrogens with one attached hydrogen (secondary N) is 3. The number of rotatable bonds is 9. The van der Waals surface area contributed by atoms with Crippen molar-refractivity contribution in [3.63, 3.8) is 0 Å². The summed E-state index contributed by atoms with van der Waals surface area (Å²) in [6.07, 6.45) is 2.75. The number of benzene rings is 2. The third-order valence-corrected chi connectivity index (χ3v) is 8.12. The molecule has 2 bridgehead atoms. The molecular weight excluding hydrogens is 502 g/mol. The van der Waals surface area contributed by atoms with Crippen molar-refractivity contribution in [1.29, 1.82) is 5.41 Å². The van der Waals surface area contributed by atoms with Gasteiger partial charge in [0.25, 0.3) is 5.91 Å². The van der Waals surface area contributed by atoms with E-state index in [0.717, 1.165) is 17.7 Å². The first-order valence-corrected chi connectivity index (χ1v) is 13.4. The van der Waals surface area contributed by atoms with Crippen LogP contribution in [0.1, 0.15) is 46.5 Å². The fourth-order valence-electron chi connectivity index (χ4n) is 5.30. The van der Waals surface area contributed by atoms with Crippen LogP contribution in [0.4, 0.5) is 0 Å². The molecule has 5 N–H and O–H groups in total. The van der Waals surface area contributed by atoms with Crippen LogP contribution in [0.2, 0.25) is 0 Å². The summed E-state index contributed by atoms with van der Waals surface area (Å²) in [5.41, 5.74) is 5.68. The molecule has 5 rings (SSSR count). The van der Waals surface area contributed by atoms with Gasteiger partial charge in [0, 0.05) is 27.4 Å². The maximum Gasteiger partial charge on any atom is 0.251 e. The molecule has 3 amide bonds. The van der Waals surface area contributed by atoms with Crippen LogP contribution in [0, 0.1) is 5.41 Å². The van der Waals surface area contributed by atoms with E-state index in [4.69, 9.17) is 15.9 Å². The van der Waals surface area contributed by atoms with Gasteiger partial charge in [0.1, 0.15) is 22.9 Å². The second-order valence-corrected chi connectivity index (χ2v) is 10.5. The molecule has 0 unspecified atom stereocenters. The SMILES string of the molecule is N=C(N)c1csc(CNC(=O)C23CCC(CC2)N3C(=O)CNC(=O)c2ccc(Oc3ccccc3)cc2)c1. The molecule has 3 aromatic rings. The molecule has 2 aromatic carbocycles. The van der Waals surface area contributed by atoms with Crippen molar-refractivity contribution in [3.8, 4) is 11.5 Å². The summed E-state index contributed by atoms with van der Waals surface area (Å²) in [6.45, 7) is 0.130. The highest BCUT2D eigenvalue weighted by molar-refractivity contribution is 7.10. The number of nitrogens with two attached hydrogens (primary N) is 1. The van der Waals surface area contributed by atoms with Crippen LogP contribution in [0.15, 0.2) is 66.0 Å². The molecule has 3 heterocycles. The van der Waals surface area contributed by atoms with Crippen molar-refractivity contribution >= 4 is 34.9 Å². The fourth-order valence-corrected chi connectivity index (χ4v) is 6.12. The first kappa shape index (κ1) is 25.5. The highest BCUT2D eigenvalue weighted by atomic mass is 32.1. The lowest BCUT2D eigenvalue weighted by molar-refractivity contribution is -0.143. The van der Waals surface area contributed by atoms with E-state index in [-0.39, 0.29) is 36.1 Å². The lowest BCUT2D eigenvalue weighted by Crippen LogP contribution is -2.57. The second kappa shape index (κ2) is 10.7. The van der Waals surface area contributed by atoms with Crippen LogP contribution in [0.5, 0.6) is 11.5 Å². The normalized spacial score (nSPS) is 19.7. The zero-order valence-corrected chi connectivity index (χ0v) is 21.6. The molecule has 0 atom stereocenters. The highest BCUT2D eigenvalue weighted by Gasteiger charge is 2.58. The first-order chi connectivity index (χ1) is 18.4. The molecule has 2 fully saturated rings. The van der Waals surface area contributed by atoms with Gasteiger partial charge in [-0.1, -0.05) is 18.2 Å². The van der Waals surface area contributed by atoms with Crippen LogP contribution >= 0.6 is 11.3 Å². The number of thiophene rings is 1. The number of ether oxygens (including phenoxy) is 1. The van der Waals surface area contributed by atoms with Gasteiger partial charge >= 0.3 is 0 Å². The van der Waals surface area contributed by atoms with E-state index in [1.165, 1.54) is 11.3 Å². The Morgan fingerprint density at radius 1 is 1.00 bits per heavy atom. The van der Waals surface area contributed by atoms with Crippen molar-refractivity contribution in [1.82, 2.24) is 15.5 Å². The standard InChI is InChI=1S/C28H29N5O4S/c29-25(30)19-14-23(38-17-19)15-32-27(36)28-12-10-20(11-13-28)33(28)24(34)16-31-26(35)18-6-8-22(9-7-18)37-21-4-2-1-3-5-21/h1-9,14,17,20H,10-13,15-16H2,(H3,29,30)(H,31,35)(H,32,36). The van der Waals surface area contributed by atoms with Gasteiger partial charge in [0.05, 0.1) is 13.1 Å². The van der Waals surface area contributed by atoms with E-state index < -0.39 is 5.54 Å². The lowest BCUT2D eigenvalue weighted by Gasteiger charge is -2.33. The maximum absolute atomic E-state index is 13.3. The minimum atomic E-state index is -0.885. The fraction of sp³-hybridized carbons (Fsp3) is 0.286. The Balaban J connectivity index is 1.17. The zero-order chi connectivity index (χ0) is 26.7. The largest absolute Gasteiger partial charge is 0.457 e. The van der Waals surface area contributed by atoms with Crippen LogP contribution in [-0.4, -0.2) is 46.6 Å². The monoisotopic (exact) mass is 531 g/mol. The molecule has 196 valence electrons. The van der Waals surface area contributed by atoms with Gasteiger partial charge in [-0.25, -0.2) is 0 Å². The van der Waals surface area contributed by atoms with Crippen LogP contribution < -0.4 is 21.1 Å². The summed E-state index contributed by atoms with van der Waals surface area (Å²) in [4.78, 5) is 41.8. The average molecular weight is 532 g/mol.